The first kappa shape index (κ1) is 23.8. The summed E-state index contributed by atoms with van der Waals surface area (Å²) in [5.41, 5.74) is 5.19. The average molecular weight is 476 g/mol. The van der Waals surface area contributed by atoms with Crippen LogP contribution < -0.4 is 0 Å². The lowest BCUT2D eigenvalue weighted by atomic mass is 9.41. The van der Waals surface area contributed by atoms with Crippen LogP contribution in [0.3, 0.4) is 0 Å². The van der Waals surface area contributed by atoms with Crippen LogP contribution in [-0.4, -0.2) is 28.4 Å². The topological polar surface area (TPSA) is 56.2 Å². The van der Waals surface area contributed by atoms with E-state index in [1.807, 2.05) is 6.20 Å². The van der Waals surface area contributed by atoms with E-state index in [0.717, 1.165) is 25.7 Å². The Labute approximate surface area is 211 Å². The lowest BCUT2D eigenvalue weighted by Crippen LogP contribution is -2.55. The molecular formula is C32H45NO2. The highest BCUT2D eigenvalue weighted by Gasteiger charge is 2.82. The lowest BCUT2D eigenvalue weighted by Gasteiger charge is -2.62. The molecule has 2 spiro atoms. The van der Waals surface area contributed by atoms with Gasteiger partial charge in [0.2, 0.25) is 0 Å². The molecular weight excluding hydrogens is 430 g/mol. The van der Waals surface area contributed by atoms with Gasteiger partial charge in [0.1, 0.15) is 0 Å². The van der Waals surface area contributed by atoms with Crippen LogP contribution in [0.2, 0.25) is 0 Å². The molecule has 0 bridgehead atoms. The summed E-state index contributed by atoms with van der Waals surface area (Å²) in [4.78, 5) is 3.17. The number of fused-ring (bicyclic) bond motifs is 1. The minimum absolute atomic E-state index is 0.158. The molecule has 5 aliphatic carbocycles. The van der Waals surface area contributed by atoms with Crippen molar-refractivity contribution in [1.82, 2.24) is 4.98 Å². The summed E-state index contributed by atoms with van der Waals surface area (Å²) in [6, 6.07) is 2.14. The van der Waals surface area contributed by atoms with Crippen molar-refractivity contribution in [2.24, 2.45) is 51.2 Å². The van der Waals surface area contributed by atoms with Crippen LogP contribution in [0.4, 0.5) is 0 Å². The van der Waals surface area contributed by atoms with Crippen LogP contribution in [0.15, 0.2) is 54.4 Å². The molecule has 190 valence electrons. The first-order valence-corrected chi connectivity index (χ1v) is 14.2. The SMILES string of the molecule is C=C1C=C2C3(CCC(CC(CO)Cc4cc[nH]c4)C3)CC(CCO)C3CC=CC4(C1C4(C)C)C23C. The van der Waals surface area contributed by atoms with Gasteiger partial charge in [-0.1, -0.05) is 56.7 Å². The van der Waals surface area contributed by atoms with Crippen molar-refractivity contribution in [3.8, 4) is 0 Å². The zero-order valence-electron chi connectivity index (χ0n) is 22.0. The van der Waals surface area contributed by atoms with Crippen molar-refractivity contribution < 1.29 is 10.2 Å². The number of hydrogen-bond donors (Lipinski definition) is 3. The minimum atomic E-state index is 0.158. The van der Waals surface area contributed by atoms with E-state index in [2.05, 4.69) is 62.8 Å². The van der Waals surface area contributed by atoms with Gasteiger partial charge in [0.25, 0.3) is 0 Å². The second-order valence-electron chi connectivity index (χ2n) is 13.7. The maximum absolute atomic E-state index is 10.2. The molecule has 3 saturated carbocycles. The predicted octanol–water partition coefficient (Wildman–Crippen LogP) is 6.47. The molecule has 3 fully saturated rings. The van der Waals surface area contributed by atoms with E-state index < -0.39 is 0 Å². The van der Waals surface area contributed by atoms with Gasteiger partial charge in [-0.2, -0.15) is 0 Å². The number of nitrogens with one attached hydrogen (secondary N) is 1. The Morgan fingerprint density at radius 3 is 2.74 bits per heavy atom. The summed E-state index contributed by atoms with van der Waals surface area (Å²) < 4.78 is 0. The van der Waals surface area contributed by atoms with Gasteiger partial charge in [0.05, 0.1) is 0 Å². The van der Waals surface area contributed by atoms with Gasteiger partial charge in [-0.05, 0) is 103 Å². The number of aliphatic hydroxyl groups is 2. The van der Waals surface area contributed by atoms with Crippen molar-refractivity contribution in [2.45, 2.75) is 72.1 Å². The van der Waals surface area contributed by atoms with E-state index in [9.17, 15) is 10.2 Å². The molecule has 0 aromatic carbocycles. The molecule has 8 unspecified atom stereocenters. The van der Waals surface area contributed by atoms with Crippen LogP contribution in [0.1, 0.15) is 71.3 Å². The smallest absolute Gasteiger partial charge is 0.0462 e. The minimum Gasteiger partial charge on any atom is -0.396 e. The zero-order valence-corrected chi connectivity index (χ0v) is 22.0. The Morgan fingerprint density at radius 2 is 2.03 bits per heavy atom. The van der Waals surface area contributed by atoms with E-state index >= 15 is 0 Å². The number of allylic oxidation sites excluding steroid dienone is 5. The molecule has 3 N–H and O–H groups in total. The number of rotatable bonds is 7. The molecule has 1 aromatic rings. The molecule has 3 heteroatoms. The Balaban J connectivity index is 1.34. The molecule has 0 saturated heterocycles. The van der Waals surface area contributed by atoms with Crippen LogP contribution >= 0.6 is 0 Å². The molecule has 0 radical (unpaired) electrons. The van der Waals surface area contributed by atoms with Crippen molar-refractivity contribution in [1.29, 1.82) is 0 Å². The summed E-state index contributed by atoms with van der Waals surface area (Å²) in [6.45, 7) is 12.8. The van der Waals surface area contributed by atoms with Gasteiger partial charge in [-0.15, -0.1) is 0 Å². The summed E-state index contributed by atoms with van der Waals surface area (Å²) in [5.74, 6) is 2.74. The standard InChI is InChI=1S/C32H45NO2/c1-21-14-27-30(4)26(6-5-10-32(30)28(21)29(32,2)3)25(9-13-34)18-31(27)11-7-22(17-31)15-24(20-35)16-23-8-12-33-19-23/h5,8,10,12,14,19,22,24-26,28,33-35H,1,6-7,9,11,13,15-18,20H2,2-4H3. The van der Waals surface area contributed by atoms with Gasteiger partial charge in [0, 0.05) is 36.4 Å². The third kappa shape index (κ3) is 3.04. The van der Waals surface area contributed by atoms with Gasteiger partial charge < -0.3 is 15.2 Å². The second kappa shape index (κ2) is 7.96. The van der Waals surface area contributed by atoms with Crippen molar-refractivity contribution in [2.75, 3.05) is 13.2 Å². The molecule has 6 rings (SSSR count). The third-order valence-corrected chi connectivity index (χ3v) is 11.9. The summed E-state index contributed by atoms with van der Waals surface area (Å²) in [5, 5.41) is 20.3. The Morgan fingerprint density at radius 1 is 1.20 bits per heavy atom. The monoisotopic (exact) mass is 475 g/mol. The van der Waals surface area contributed by atoms with Crippen LogP contribution in [0, 0.1) is 51.2 Å². The van der Waals surface area contributed by atoms with Gasteiger partial charge >= 0.3 is 0 Å². The van der Waals surface area contributed by atoms with Gasteiger partial charge in [0.15, 0.2) is 0 Å². The van der Waals surface area contributed by atoms with Crippen LogP contribution in [0.25, 0.3) is 0 Å². The predicted molar refractivity (Wildman–Crippen MR) is 142 cm³/mol. The maximum atomic E-state index is 10.2. The Kier molecular flexibility index (Phi) is 5.41. The van der Waals surface area contributed by atoms with E-state index in [1.165, 1.54) is 36.8 Å². The van der Waals surface area contributed by atoms with Crippen molar-refractivity contribution in [3.63, 3.8) is 0 Å². The molecule has 3 nitrogen and oxygen atoms in total. The highest BCUT2D eigenvalue weighted by atomic mass is 16.3. The Bertz CT molecular complexity index is 1050. The zero-order chi connectivity index (χ0) is 24.6. The highest BCUT2D eigenvalue weighted by molar-refractivity contribution is 5.56. The molecule has 8 atom stereocenters. The number of hydrogen-bond acceptors (Lipinski definition) is 2. The van der Waals surface area contributed by atoms with E-state index in [0.29, 0.717) is 36.2 Å². The van der Waals surface area contributed by atoms with Gasteiger partial charge in [-0.25, -0.2) is 0 Å². The van der Waals surface area contributed by atoms with Crippen molar-refractivity contribution in [3.05, 3.63) is 60.0 Å². The fourth-order valence-corrected chi connectivity index (χ4v) is 10.8. The fraction of sp³-hybridized carbons (Fsp3) is 0.688. The Hall–Kier alpha value is -1.58. The van der Waals surface area contributed by atoms with Crippen LogP contribution in [0.5, 0.6) is 0 Å². The lowest BCUT2D eigenvalue weighted by molar-refractivity contribution is -0.0294. The van der Waals surface area contributed by atoms with Crippen molar-refractivity contribution >= 4 is 0 Å². The molecule has 5 aliphatic rings. The van der Waals surface area contributed by atoms with Crippen LogP contribution in [-0.2, 0) is 6.42 Å². The molecule has 35 heavy (non-hydrogen) atoms. The molecule has 0 aliphatic heterocycles. The summed E-state index contributed by atoms with van der Waals surface area (Å²) in [7, 11) is 0. The highest BCUT2D eigenvalue weighted by Crippen LogP contribution is 2.88. The summed E-state index contributed by atoms with van der Waals surface area (Å²) in [6.07, 6.45) is 20.9. The largest absolute Gasteiger partial charge is 0.396 e. The molecule has 1 heterocycles. The van der Waals surface area contributed by atoms with E-state index in [4.69, 9.17) is 0 Å². The number of aromatic amines is 1. The normalized spacial score (nSPS) is 43.6. The first-order chi connectivity index (χ1) is 16.7. The second-order valence-corrected chi connectivity index (χ2v) is 13.7. The average Bonchev–Trinajstić information content (AvgIpc) is 3.23. The number of aromatic nitrogens is 1. The van der Waals surface area contributed by atoms with E-state index in [-0.39, 0.29) is 28.3 Å². The number of H-pyrrole nitrogens is 1. The maximum Gasteiger partial charge on any atom is 0.0462 e. The van der Waals surface area contributed by atoms with Gasteiger partial charge in [-0.3, -0.25) is 0 Å². The molecule has 0 amide bonds. The van der Waals surface area contributed by atoms with E-state index in [1.54, 1.807) is 5.57 Å². The quantitative estimate of drug-likeness (QED) is 0.396. The number of aliphatic hydroxyl groups excluding tert-OH is 2. The summed E-state index contributed by atoms with van der Waals surface area (Å²) >= 11 is 0. The first-order valence-electron chi connectivity index (χ1n) is 14.2. The third-order valence-electron chi connectivity index (χ3n) is 11.9. The fourth-order valence-electron chi connectivity index (χ4n) is 10.8. The molecule has 1 aromatic heterocycles.